The number of aromatic nitrogens is 2. The van der Waals surface area contributed by atoms with Crippen LogP contribution in [0, 0.1) is 5.82 Å². The summed E-state index contributed by atoms with van der Waals surface area (Å²) in [7, 11) is 0. The molecule has 20 heavy (non-hydrogen) atoms. The number of nitrogens with zero attached hydrogens (tertiary/aromatic N) is 2. The maximum absolute atomic E-state index is 13.3. The van der Waals surface area contributed by atoms with Gasteiger partial charge in [-0.1, -0.05) is 17.3 Å². The van der Waals surface area contributed by atoms with E-state index in [0.717, 1.165) is 0 Å². The van der Waals surface area contributed by atoms with Crippen molar-refractivity contribution in [3.05, 3.63) is 52.8 Å². The first-order valence-electron chi connectivity index (χ1n) is 5.72. The molecule has 0 aliphatic heterocycles. The molecule has 4 nitrogen and oxygen atoms in total. The maximum Gasteiger partial charge on any atom is 0.259 e. The van der Waals surface area contributed by atoms with E-state index in [-0.39, 0.29) is 17.5 Å². The van der Waals surface area contributed by atoms with Crippen LogP contribution in [0.25, 0.3) is 22.8 Å². The Morgan fingerprint density at radius 2 is 2.00 bits per heavy atom. The summed E-state index contributed by atoms with van der Waals surface area (Å²) < 4.78 is 19.1. The number of hydrogen-bond donors (Lipinski definition) is 1. The Labute approximate surface area is 122 Å². The predicted octanol–water partition coefficient (Wildman–Crippen LogP) is 4.01. The van der Waals surface area contributed by atoms with E-state index in [2.05, 4.69) is 26.1 Å². The van der Waals surface area contributed by atoms with Gasteiger partial charge in [-0.25, -0.2) is 4.39 Å². The van der Waals surface area contributed by atoms with Crippen molar-refractivity contribution in [1.82, 2.24) is 10.1 Å². The van der Waals surface area contributed by atoms with Gasteiger partial charge in [-0.2, -0.15) is 4.98 Å². The van der Waals surface area contributed by atoms with Crippen LogP contribution in [0.4, 0.5) is 4.39 Å². The highest BCUT2D eigenvalue weighted by molar-refractivity contribution is 9.10. The molecule has 100 valence electrons. The van der Waals surface area contributed by atoms with E-state index in [9.17, 15) is 9.50 Å². The number of halogens is 2. The van der Waals surface area contributed by atoms with E-state index in [1.807, 2.05) is 0 Å². The summed E-state index contributed by atoms with van der Waals surface area (Å²) in [6.45, 7) is 0. The number of aromatic hydroxyl groups is 1. The zero-order valence-corrected chi connectivity index (χ0v) is 11.6. The molecular formula is C14H8BrFN2O2. The van der Waals surface area contributed by atoms with Crippen molar-refractivity contribution in [3.63, 3.8) is 0 Å². The average Bonchev–Trinajstić information content (AvgIpc) is 2.91. The molecule has 3 rings (SSSR count). The molecule has 0 bridgehead atoms. The number of benzene rings is 2. The lowest BCUT2D eigenvalue weighted by Gasteiger charge is -1.98. The highest BCUT2D eigenvalue weighted by atomic mass is 79.9. The predicted molar refractivity (Wildman–Crippen MR) is 74.5 cm³/mol. The van der Waals surface area contributed by atoms with Crippen LogP contribution in [0.5, 0.6) is 5.75 Å². The van der Waals surface area contributed by atoms with Gasteiger partial charge in [-0.15, -0.1) is 0 Å². The Morgan fingerprint density at radius 3 is 2.80 bits per heavy atom. The van der Waals surface area contributed by atoms with Crippen molar-refractivity contribution in [3.8, 4) is 28.6 Å². The lowest BCUT2D eigenvalue weighted by atomic mass is 10.2. The Balaban J connectivity index is 2.04. The van der Waals surface area contributed by atoms with Crippen LogP contribution >= 0.6 is 15.9 Å². The molecule has 1 N–H and O–H groups in total. The van der Waals surface area contributed by atoms with Crippen LogP contribution in [0.15, 0.2) is 51.5 Å². The normalized spacial score (nSPS) is 10.7. The molecule has 0 saturated carbocycles. The molecule has 2 aromatic carbocycles. The first-order valence-corrected chi connectivity index (χ1v) is 6.51. The standard InChI is InChI=1S/C14H8BrFN2O2/c15-12-5-4-9(16)7-11(12)14-17-13(18-20-14)8-2-1-3-10(19)6-8/h1-7,19H. The third-order valence-corrected chi connectivity index (χ3v) is 3.38. The molecule has 6 heteroatoms. The smallest absolute Gasteiger partial charge is 0.259 e. The number of phenols is 1. The molecule has 1 aromatic heterocycles. The van der Waals surface area contributed by atoms with Crippen molar-refractivity contribution in [2.45, 2.75) is 0 Å². The van der Waals surface area contributed by atoms with Crippen molar-refractivity contribution in [1.29, 1.82) is 0 Å². The van der Waals surface area contributed by atoms with Crippen LogP contribution in [-0.2, 0) is 0 Å². The third-order valence-electron chi connectivity index (χ3n) is 2.69. The molecule has 0 radical (unpaired) electrons. The zero-order valence-electron chi connectivity index (χ0n) is 10.0. The van der Waals surface area contributed by atoms with E-state index in [4.69, 9.17) is 4.52 Å². The Kier molecular flexibility index (Phi) is 3.23. The summed E-state index contributed by atoms with van der Waals surface area (Å²) in [4.78, 5) is 4.21. The van der Waals surface area contributed by atoms with Crippen LogP contribution in [0.2, 0.25) is 0 Å². The second-order valence-electron chi connectivity index (χ2n) is 4.10. The van der Waals surface area contributed by atoms with Gasteiger partial charge in [0.1, 0.15) is 11.6 Å². The third kappa shape index (κ3) is 2.42. The van der Waals surface area contributed by atoms with Gasteiger partial charge in [-0.3, -0.25) is 0 Å². The van der Waals surface area contributed by atoms with Gasteiger partial charge >= 0.3 is 0 Å². The highest BCUT2D eigenvalue weighted by Gasteiger charge is 2.14. The largest absolute Gasteiger partial charge is 0.508 e. The van der Waals surface area contributed by atoms with Gasteiger partial charge in [-0.05, 0) is 46.3 Å². The molecule has 0 saturated heterocycles. The fourth-order valence-corrected chi connectivity index (χ4v) is 2.17. The molecule has 0 fully saturated rings. The molecule has 0 aliphatic carbocycles. The topological polar surface area (TPSA) is 59.2 Å². The summed E-state index contributed by atoms with van der Waals surface area (Å²) in [6.07, 6.45) is 0. The van der Waals surface area contributed by atoms with Crippen LogP contribution < -0.4 is 0 Å². The number of rotatable bonds is 2. The van der Waals surface area contributed by atoms with Crippen LogP contribution in [-0.4, -0.2) is 15.2 Å². The van der Waals surface area contributed by atoms with Gasteiger partial charge in [0, 0.05) is 10.0 Å². The second-order valence-corrected chi connectivity index (χ2v) is 4.95. The Morgan fingerprint density at radius 1 is 1.15 bits per heavy atom. The van der Waals surface area contributed by atoms with Gasteiger partial charge in [0.15, 0.2) is 0 Å². The molecule has 0 atom stereocenters. The Bertz CT molecular complexity index is 773. The molecule has 0 aliphatic rings. The molecule has 0 amide bonds. The van der Waals surface area contributed by atoms with E-state index in [1.165, 1.54) is 18.2 Å². The average molecular weight is 335 g/mol. The monoisotopic (exact) mass is 334 g/mol. The van der Waals surface area contributed by atoms with Gasteiger partial charge < -0.3 is 9.63 Å². The van der Waals surface area contributed by atoms with Crippen molar-refractivity contribution in [2.75, 3.05) is 0 Å². The summed E-state index contributed by atoms with van der Waals surface area (Å²) in [5.74, 6) is 0.253. The summed E-state index contributed by atoms with van der Waals surface area (Å²) in [5.41, 5.74) is 1.09. The van der Waals surface area contributed by atoms with E-state index < -0.39 is 0 Å². The van der Waals surface area contributed by atoms with E-state index in [0.29, 0.717) is 21.4 Å². The second kappa shape index (κ2) is 5.05. The highest BCUT2D eigenvalue weighted by Crippen LogP contribution is 2.29. The minimum atomic E-state index is -0.389. The van der Waals surface area contributed by atoms with Crippen molar-refractivity contribution < 1.29 is 14.0 Å². The molecular weight excluding hydrogens is 327 g/mol. The lowest BCUT2D eigenvalue weighted by Crippen LogP contribution is -1.84. The minimum Gasteiger partial charge on any atom is -0.508 e. The number of hydrogen-bond acceptors (Lipinski definition) is 4. The minimum absolute atomic E-state index is 0.112. The van der Waals surface area contributed by atoms with Gasteiger partial charge in [0.2, 0.25) is 5.82 Å². The quantitative estimate of drug-likeness (QED) is 0.769. The zero-order chi connectivity index (χ0) is 14.1. The maximum atomic E-state index is 13.3. The van der Waals surface area contributed by atoms with Gasteiger partial charge in [0.25, 0.3) is 5.89 Å². The SMILES string of the molecule is Oc1cccc(-c2noc(-c3cc(F)ccc3Br)n2)c1. The van der Waals surface area contributed by atoms with Crippen molar-refractivity contribution in [2.24, 2.45) is 0 Å². The Hall–Kier alpha value is -2.21. The van der Waals surface area contributed by atoms with Crippen LogP contribution in [0.3, 0.4) is 0 Å². The summed E-state index contributed by atoms with van der Waals surface area (Å²) in [5, 5.41) is 13.3. The van der Waals surface area contributed by atoms with Gasteiger partial charge in [0.05, 0.1) is 5.56 Å². The summed E-state index contributed by atoms with van der Waals surface area (Å²) >= 11 is 3.31. The molecule has 3 aromatic rings. The first kappa shape index (κ1) is 12.8. The molecule has 0 unspecified atom stereocenters. The van der Waals surface area contributed by atoms with Crippen LogP contribution in [0.1, 0.15) is 0 Å². The van der Waals surface area contributed by atoms with E-state index >= 15 is 0 Å². The van der Waals surface area contributed by atoms with Crippen molar-refractivity contribution >= 4 is 15.9 Å². The molecule has 0 spiro atoms. The lowest BCUT2D eigenvalue weighted by molar-refractivity contribution is 0.431. The van der Waals surface area contributed by atoms with E-state index in [1.54, 1.807) is 24.3 Å². The first-order chi connectivity index (χ1) is 9.63. The number of phenolic OH excluding ortho intramolecular Hbond substituents is 1. The summed E-state index contributed by atoms with van der Waals surface area (Å²) in [6, 6.07) is 10.7. The fourth-order valence-electron chi connectivity index (χ4n) is 1.76. The fraction of sp³-hybridized carbons (Fsp3) is 0. The molecule has 1 heterocycles.